The highest BCUT2D eigenvalue weighted by Crippen LogP contribution is 2.17. The molecule has 1 fully saturated rings. The fourth-order valence-electron chi connectivity index (χ4n) is 1.78. The van der Waals surface area contributed by atoms with E-state index in [2.05, 4.69) is 5.32 Å². The van der Waals surface area contributed by atoms with Crippen LogP contribution in [0.2, 0.25) is 5.02 Å². The molecule has 0 radical (unpaired) electrons. The van der Waals surface area contributed by atoms with E-state index in [9.17, 15) is 4.79 Å². The third-order valence-corrected chi connectivity index (χ3v) is 2.95. The second kappa shape index (κ2) is 6.00. The van der Waals surface area contributed by atoms with E-state index in [1.165, 1.54) is 0 Å². The monoisotopic (exact) mass is 254 g/mol. The van der Waals surface area contributed by atoms with Gasteiger partial charge >= 0.3 is 0 Å². The van der Waals surface area contributed by atoms with Gasteiger partial charge in [0.25, 0.3) is 0 Å². The van der Waals surface area contributed by atoms with Crippen LogP contribution in [0.4, 0.5) is 0 Å². The van der Waals surface area contributed by atoms with E-state index in [0.29, 0.717) is 10.8 Å². The third kappa shape index (κ3) is 3.43. The van der Waals surface area contributed by atoms with E-state index < -0.39 is 6.23 Å². The predicted octanol–water partition coefficient (Wildman–Crippen LogP) is 1.15. The van der Waals surface area contributed by atoms with Gasteiger partial charge < -0.3 is 10.1 Å². The molecule has 2 rings (SSSR count). The van der Waals surface area contributed by atoms with Crippen molar-refractivity contribution in [1.82, 2.24) is 10.2 Å². The smallest absolute Gasteiger partial charge is 0.209 e. The highest BCUT2D eigenvalue weighted by Gasteiger charge is 2.21. The van der Waals surface area contributed by atoms with Crippen LogP contribution < -0.4 is 10.1 Å². The number of nitrogens with zero attached hydrogens (tertiary/aromatic N) is 1. The van der Waals surface area contributed by atoms with E-state index in [1.807, 2.05) is 4.90 Å². The van der Waals surface area contributed by atoms with Gasteiger partial charge in [0.2, 0.25) is 6.23 Å². The molecule has 0 aromatic heterocycles. The maximum Gasteiger partial charge on any atom is 0.209 e. The average molecular weight is 255 g/mol. The van der Waals surface area contributed by atoms with Crippen LogP contribution in [0.5, 0.6) is 5.75 Å². The second-order valence-electron chi connectivity index (χ2n) is 3.88. The van der Waals surface area contributed by atoms with Gasteiger partial charge in [0.15, 0.2) is 6.29 Å². The lowest BCUT2D eigenvalue weighted by Crippen LogP contribution is -2.51. The molecule has 1 saturated heterocycles. The van der Waals surface area contributed by atoms with Crippen LogP contribution in [-0.2, 0) is 4.79 Å². The predicted molar refractivity (Wildman–Crippen MR) is 66.4 cm³/mol. The van der Waals surface area contributed by atoms with E-state index in [-0.39, 0.29) is 0 Å². The molecule has 1 N–H and O–H groups in total. The molecule has 1 aliphatic heterocycles. The number of halogens is 1. The van der Waals surface area contributed by atoms with Gasteiger partial charge in [0.05, 0.1) is 0 Å². The molecule has 92 valence electrons. The Morgan fingerprint density at radius 1 is 1.29 bits per heavy atom. The van der Waals surface area contributed by atoms with Crippen LogP contribution in [0.3, 0.4) is 0 Å². The summed E-state index contributed by atoms with van der Waals surface area (Å²) in [5, 5.41) is 3.89. The van der Waals surface area contributed by atoms with Crippen molar-refractivity contribution in [2.24, 2.45) is 0 Å². The molecule has 17 heavy (non-hydrogen) atoms. The zero-order valence-electron chi connectivity index (χ0n) is 9.43. The van der Waals surface area contributed by atoms with Crippen LogP contribution >= 0.6 is 11.6 Å². The molecular formula is C12H15ClN2O2. The molecule has 0 bridgehead atoms. The number of nitrogens with one attached hydrogen (secondary N) is 1. The zero-order chi connectivity index (χ0) is 12.1. The normalized spacial score (nSPS) is 18.6. The van der Waals surface area contributed by atoms with Crippen molar-refractivity contribution in [2.45, 2.75) is 6.23 Å². The van der Waals surface area contributed by atoms with E-state index >= 15 is 0 Å². The minimum Gasteiger partial charge on any atom is -0.468 e. The number of benzene rings is 1. The molecular weight excluding hydrogens is 240 g/mol. The van der Waals surface area contributed by atoms with Crippen molar-refractivity contribution in [2.75, 3.05) is 26.2 Å². The van der Waals surface area contributed by atoms with Crippen LogP contribution in [0.1, 0.15) is 0 Å². The fourth-order valence-corrected chi connectivity index (χ4v) is 1.90. The highest BCUT2D eigenvalue weighted by molar-refractivity contribution is 6.30. The van der Waals surface area contributed by atoms with Gasteiger partial charge in [-0.05, 0) is 24.3 Å². The first-order valence-electron chi connectivity index (χ1n) is 5.62. The number of hydrogen-bond acceptors (Lipinski definition) is 4. The molecule has 1 unspecified atom stereocenters. The lowest BCUT2D eigenvalue weighted by Gasteiger charge is -2.31. The van der Waals surface area contributed by atoms with Gasteiger partial charge in [-0.15, -0.1) is 0 Å². The number of rotatable bonds is 4. The number of aldehydes is 1. The van der Waals surface area contributed by atoms with Crippen molar-refractivity contribution < 1.29 is 9.53 Å². The van der Waals surface area contributed by atoms with Crippen LogP contribution in [-0.4, -0.2) is 43.6 Å². The molecule has 1 aromatic carbocycles. The van der Waals surface area contributed by atoms with Crippen LogP contribution in [0.25, 0.3) is 0 Å². The Kier molecular flexibility index (Phi) is 4.36. The summed E-state index contributed by atoms with van der Waals surface area (Å²) in [6.07, 6.45) is 0.318. The van der Waals surface area contributed by atoms with Crippen LogP contribution in [0.15, 0.2) is 24.3 Å². The summed E-state index contributed by atoms with van der Waals surface area (Å²) in [6.45, 7) is 3.40. The summed E-state index contributed by atoms with van der Waals surface area (Å²) in [6, 6.07) is 7.02. The van der Waals surface area contributed by atoms with Gasteiger partial charge in [-0.3, -0.25) is 9.69 Å². The summed E-state index contributed by atoms with van der Waals surface area (Å²) in [7, 11) is 0. The SMILES string of the molecule is O=CC(Oc1ccc(Cl)cc1)N1CCNCC1. The molecule has 0 spiro atoms. The van der Waals surface area contributed by atoms with Crippen molar-refractivity contribution >= 4 is 17.9 Å². The van der Waals surface area contributed by atoms with Crippen molar-refractivity contribution in [3.05, 3.63) is 29.3 Å². The second-order valence-corrected chi connectivity index (χ2v) is 4.32. The largest absolute Gasteiger partial charge is 0.468 e. The van der Waals surface area contributed by atoms with Crippen molar-refractivity contribution in [3.8, 4) is 5.75 Å². The van der Waals surface area contributed by atoms with Gasteiger partial charge in [0.1, 0.15) is 5.75 Å². The minimum atomic E-state index is -0.515. The first kappa shape index (κ1) is 12.4. The third-order valence-electron chi connectivity index (χ3n) is 2.70. The Morgan fingerprint density at radius 3 is 2.53 bits per heavy atom. The summed E-state index contributed by atoms with van der Waals surface area (Å²) < 4.78 is 5.63. The number of piperazine rings is 1. The van der Waals surface area contributed by atoms with Gasteiger partial charge in [-0.2, -0.15) is 0 Å². The Bertz CT molecular complexity index is 363. The van der Waals surface area contributed by atoms with Crippen molar-refractivity contribution in [3.63, 3.8) is 0 Å². The number of carbonyl (C=O) groups is 1. The average Bonchev–Trinajstić information content (AvgIpc) is 2.39. The lowest BCUT2D eigenvalue weighted by molar-refractivity contribution is -0.122. The molecule has 0 saturated carbocycles. The molecule has 1 aromatic rings. The molecule has 4 nitrogen and oxygen atoms in total. The minimum absolute atomic E-state index is 0.515. The quantitative estimate of drug-likeness (QED) is 0.819. The maximum absolute atomic E-state index is 11.1. The first-order chi connectivity index (χ1) is 8.29. The molecule has 0 aliphatic carbocycles. The highest BCUT2D eigenvalue weighted by atomic mass is 35.5. The van der Waals surface area contributed by atoms with E-state index in [4.69, 9.17) is 16.3 Å². The standard InChI is InChI=1S/C12H15ClN2O2/c13-10-1-3-11(4-2-10)17-12(9-16)15-7-5-14-6-8-15/h1-4,9,12,14H,5-8H2. The first-order valence-corrected chi connectivity index (χ1v) is 5.99. The van der Waals surface area contributed by atoms with E-state index in [1.54, 1.807) is 24.3 Å². The molecule has 1 heterocycles. The summed E-state index contributed by atoms with van der Waals surface area (Å²) >= 11 is 5.79. The Balaban J connectivity index is 1.98. The fraction of sp³-hybridized carbons (Fsp3) is 0.417. The Labute approximate surface area is 106 Å². The maximum atomic E-state index is 11.1. The van der Waals surface area contributed by atoms with Crippen molar-refractivity contribution in [1.29, 1.82) is 0 Å². The van der Waals surface area contributed by atoms with Gasteiger partial charge in [0, 0.05) is 31.2 Å². The molecule has 5 heteroatoms. The van der Waals surface area contributed by atoms with Gasteiger partial charge in [-0.25, -0.2) is 0 Å². The topological polar surface area (TPSA) is 41.6 Å². The zero-order valence-corrected chi connectivity index (χ0v) is 10.2. The molecule has 1 atom stereocenters. The summed E-state index contributed by atoms with van der Waals surface area (Å²) in [5.41, 5.74) is 0. The Morgan fingerprint density at radius 2 is 1.94 bits per heavy atom. The molecule has 1 aliphatic rings. The lowest BCUT2D eigenvalue weighted by atomic mass is 10.3. The number of ether oxygens (including phenoxy) is 1. The summed E-state index contributed by atoms with van der Waals surface area (Å²) in [5.74, 6) is 0.657. The Hall–Kier alpha value is -1.10. The van der Waals surface area contributed by atoms with Gasteiger partial charge in [-0.1, -0.05) is 11.6 Å². The van der Waals surface area contributed by atoms with E-state index in [0.717, 1.165) is 32.5 Å². The summed E-state index contributed by atoms with van der Waals surface area (Å²) in [4.78, 5) is 13.1. The number of hydrogen-bond donors (Lipinski definition) is 1. The van der Waals surface area contributed by atoms with Crippen LogP contribution in [0, 0.1) is 0 Å². The molecule has 0 amide bonds. The number of carbonyl (C=O) groups excluding carboxylic acids is 1.